The molecule has 0 spiro atoms. The molecule has 0 saturated carbocycles. The molecular weight excluding hydrogens is 280 g/mol. The Morgan fingerprint density at radius 3 is 2.42 bits per heavy atom. The molecule has 0 fully saturated rings. The maximum Gasteiger partial charge on any atom is 0.179 e. The molecule has 106 valence electrons. The smallest absolute Gasteiger partial charge is 0.179 e. The van der Waals surface area contributed by atoms with Crippen LogP contribution in [0.25, 0.3) is 0 Å². The first-order valence-corrected chi connectivity index (χ1v) is 9.03. The van der Waals surface area contributed by atoms with Gasteiger partial charge in [-0.3, -0.25) is 5.41 Å². The summed E-state index contributed by atoms with van der Waals surface area (Å²) in [6.07, 6.45) is 2.25. The molecule has 0 radical (unpaired) electrons. The Morgan fingerprint density at radius 2 is 1.89 bits per heavy atom. The van der Waals surface area contributed by atoms with E-state index in [0.29, 0.717) is 16.2 Å². The number of nitrogen functional groups attached to an aromatic ring is 1. The Balaban J connectivity index is 2.59. The quantitative estimate of drug-likeness (QED) is 0.438. The average molecular weight is 300 g/mol. The summed E-state index contributed by atoms with van der Waals surface area (Å²) in [5.74, 6) is 1.73. The predicted molar refractivity (Wildman–Crippen MR) is 81.7 cm³/mol. The Hall–Kier alpha value is -1.01. The van der Waals surface area contributed by atoms with Crippen LogP contribution < -0.4 is 5.73 Å². The second kappa shape index (κ2) is 7.55. The van der Waals surface area contributed by atoms with Crippen molar-refractivity contribution >= 4 is 27.4 Å². The molecule has 1 aromatic rings. The van der Waals surface area contributed by atoms with Gasteiger partial charge in [0, 0.05) is 11.3 Å². The van der Waals surface area contributed by atoms with Gasteiger partial charge in [-0.1, -0.05) is 25.5 Å². The number of hydrogen-bond acceptors (Lipinski definition) is 4. The number of nitrogens with one attached hydrogen (secondary N) is 1. The highest BCUT2D eigenvalue weighted by Crippen LogP contribution is 2.14. The molecule has 0 amide bonds. The van der Waals surface area contributed by atoms with E-state index in [0.717, 1.165) is 18.6 Å². The van der Waals surface area contributed by atoms with E-state index in [9.17, 15) is 8.42 Å². The normalized spacial score (nSPS) is 11.4. The third-order valence-electron chi connectivity index (χ3n) is 2.66. The SMILES string of the molecule is CCCCSCCS(=O)(=O)c1ccc(C(=N)N)cc1. The van der Waals surface area contributed by atoms with E-state index in [2.05, 4.69) is 6.92 Å². The molecule has 0 bridgehead atoms. The average Bonchev–Trinajstić information content (AvgIpc) is 2.38. The molecule has 1 aromatic carbocycles. The van der Waals surface area contributed by atoms with Gasteiger partial charge in [-0.2, -0.15) is 11.8 Å². The minimum atomic E-state index is -3.22. The maximum atomic E-state index is 12.0. The standard InChI is InChI=1S/C13H20N2O2S2/c1-2-3-8-18-9-10-19(16,17)12-6-4-11(5-7-12)13(14)15/h4-7H,2-3,8-10H2,1H3,(H3,14,15). The van der Waals surface area contributed by atoms with Crippen LogP contribution in [0.2, 0.25) is 0 Å². The van der Waals surface area contributed by atoms with E-state index in [1.807, 2.05) is 0 Å². The first kappa shape index (κ1) is 16.0. The van der Waals surface area contributed by atoms with Crippen molar-refractivity contribution in [3.63, 3.8) is 0 Å². The number of rotatable bonds is 8. The molecule has 0 saturated heterocycles. The largest absolute Gasteiger partial charge is 0.384 e. The number of unbranched alkanes of at least 4 members (excludes halogenated alkanes) is 1. The summed E-state index contributed by atoms with van der Waals surface area (Å²) >= 11 is 1.67. The van der Waals surface area contributed by atoms with Crippen molar-refractivity contribution in [1.29, 1.82) is 5.41 Å². The minimum absolute atomic E-state index is 0.0564. The van der Waals surface area contributed by atoms with E-state index < -0.39 is 9.84 Å². The molecule has 0 aliphatic rings. The zero-order valence-electron chi connectivity index (χ0n) is 11.1. The Labute approximate surface area is 119 Å². The van der Waals surface area contributed by atoms with Crippen LogP contribution in [0.5, 0.6) is 0 Å². The molecule has 6 heteroatoms. The molecule has 3 N–H and O–H groups in total. The lowest BCUT2D eigenvalue weighted by Gasteiger charge is -2.05. The molecule has 0 aliphatic heterocycles. The predicted octanol–water partition coefficient (Wildman–Crippen LogP) is 2.28. The minimum Gasteiger partial charge on any atom is -0.384 e. The molecule has 0 unspecified atom stereocenters. The number of sulfone groups is 1. The zero-order chi connectivity index (χ0) is 14.3. The number of thioether (sulfide) groups is 1. The summed E-state index contributed by atoms with van der Waals surface area (Å²) in [5, 5.41) is 7.26. The van der Waals surface area contributed by atoms with Gasteiger partial charge >= 0.3 is 0 Å². The second-order valence-corrected chi connectivity index (χ2v) is 7.56. The van der Waals surface area contributed by atoms with E-state index in [4.69, 9.17) is 11.1 Å². The molecule has 0 aromatic heterocycles. The van der Waals surface area contributed by atoms with Gasteiger partial charge in [-0.25, -0.2) is 8.42 Å². The highest BCUT2D eigenvalue weighted by molar-refractivity contribution is 8.00. The summed E-state index contributed by atoms with van der Waals surface area (Å²) in [6, 6.07) is 6.17. The van der Waals surface area contributed by atoms with Crippen molar-refractivity contribution in [1.82, 2.24) is 0 Å². The van der Waals surface area contributed by atoms with Crippen LogP contribution in [-0.4, -0.2) is 31.5 Å². The number of hydrogen-bond donors (Lipinski definition) is 2. The summed E-state index contributed by atoms with van der Waals surface area (Å²) < 4.78 is 24.1. The second-order valence-electron chi connectivity index (χ2n) is 4.22. The fraction of sp³-hybridized carbons (Fsp3) is 0.462. The van der Waals surface area contributed by atoms with Gasteiger partial charge in [0.05, 0.1) is 10.6 Å². The molecule has 1 rings (SSSR count). The molecule has 0 aliphatic carbocycles. The van der Waals surface area contributed by atoms with Crippen LogP contribution in [-0.2, 0) is 9.84 Å². The van der Waals surface area contributed by atoms with Crippen molar-refractivity contribution < 1.29 is 8.42 Å². The Bertz CT molecular complexity index is 510. The van der Waals surface area contributed by atoms with Crippen molar-refractivity contribution in [2.45, 2.75) is 24.7 Å². The van der Waals surface area contributed by atoms with Crippen LogP contribution in [0.4, 0.5) is 0 Å². The first-order chi connectivity index (χ1) is 8.97. The molecule has 19 heavy (non-hydrogen) atoms. The van der Waals surface area contributed by atoms with Crippen LogP contribution in [0, 0.1) is 5.41 Å². The van der Waals surface area contributed by atoms with Crippen LogP contribution in [0.3, 0.4) is 0 Å². The van der Waals surface area contributed by atoms with E-state index in [-0.39, 0.29) is 11.6 Å². The molecule has 0 atom stereocenters. The third-order valence-corrected chi connectivity index (χ3v) is 5.72. The van der Waals surface area contributed by atoms with E-state index in [1.54, 1.807) is 23.9 Å². The van der Waals surface area contributed by atoms with Gasteiger partial charge in [0.25, 0.3) is 0 Å². The van der Waals surface area contributed by atoms with Gasteiger partial charge in [0.15, 0.2) is 9.84 Å². The highest BCUT2D eigenvalue weighted by atomic mass is 32.2. The Kier molecular flexibility index (Phi) is 6.37. The fourth-order valence-corrected chi connectivity index (χ4v) is 4.31. The van der Waals surface area contributed by atoms with Gasteiger partial charge in [-0.05, 0) is 24.3 Å². The lowest BCUT2D eigenvalue weighted by atomic mass is 10.2. The van der Waals surface area contributed by atoms with Gasteiger partial charge in [0.2, 0.25) is 0 Å². The monoisotopic (exact) mass is 300 g/mol. The highest BCUT2D eigenvalue weighted by Gasteiger charge is 2.14. The fourth-order valence-electron chi connectivity index (χ4n) is 1.48. The van der Waals surface area contributed by atoms with Gasteiger partial charge in [-0.15, -0.1) is 0 Å². The van der Waals surface area contributed by atoms with Crippen molar-refractivity contribution in [3.05, 3.63) is 29.8 Å². The number of benzene rings is 1. The molecule has 4 nitrogen and oxygen atoms in total. The maximum absolute atomic E-state index is 12.0. The van der Waals surface area contributed by atoms with E-state index >= 15 is 0 Å². The lowest BCUT2D eigenvalue weighted by molar-refractivity contribution is 0.597. The lowest BCUT2D eigenvalue weighted by Crippen LogP contribution is -2.12. The summed E-state index contributed by atoms with van der Waals surface area (Å²) in [5.41, 5.74) is 5.87. The van der Waals surface area contributed by atoms with Crippen molar-refractivity contribution in [2.24, 2.45) is 5.73 Å². The first-order valence-electron chi connectivity index (χ1n) is 6.22. The molecular formula is C13H20N2O2S2. The summed E-state index contributed by atoms with van der Waals surface area (Å²) in [7, 11) is -3.22. The van der Waals surface area contributed by atoms with Gasteiger partial charge < -0.3 is 5.73 Å². The van der Waals surface area contributed by atoms with Crippen LogP contribution >= 0.6 is 11.8 Å². The zero-order valence-corrected chi connectivity index (χ0v) is 12.7. The topological polar surface area (TPSA) is 84.0 Å². The summed E-state index contributed by atoms with van der Waals surface area (Å²) in [4.78, 5) is 0.300. The Morgan fingerprint density at radius 1 is 1.26 bits per heavy atom. The van der Waals surface area contributed by atoms with Crippen LogP contribution in [0.15, 0.2) is 29.2 Å². The number of nitrogens with two attached hydrogens (primary N) is 1. The van der Waals surface area contributed by atoms with Gasteiger partial charge in [0.1, 0.15) is 5.84 Å². The van der Waals surface area contributed by atoms with E-state index in [1.165, 1.54) is 12.1 Å². The molecule has 0 heterocycles. The van der Waals surface area contributed by atoms with Crippen LogP contribution in [0.1, 0.15) is 25.3 Å². The van der Waals surface area contributed by atoms with Crippen molar-refractivity contribution in [3.8, 4) is 0 Å². The summed E-state index contributed by atoms with van der Waals surface area (Å²) in [6.45, 7) is 2.12. The third kappa shape index (κ3) is 5.24. The number of amidine groups is 1. The van der Waals surface area contributed by atoms with Crippen molar-refractivity contribution in [2.75, 3.05) is 17.3 Å².